The number of aromatic amines is 1. The van der Waals surface area contributed by atoms with Crippen molar-refractivity contribution in [1.82, 2.24) is 14.6 Å². The van der Waals surface area contributed by atoms with Gasteiger partial charge in [-0.05, 0) is 6.42 Å². The van der Waals surface area contributed by atoms with Crippen LogP contribution in [-0.4, -0.2) is 40.9 Å². The molecule has 20 heavy (non-hydrogen) atoms. The number of nitrogen functional groups attached to an aromatic ring is 1. The molecule has 2 heterocycles. The summed E-state index contributed by atoms with van der Waals surface area (Å²) in [6, 6.07) is 0. The fourth-order valence-corrected chi connectivity index (χ4v) is 2.07. The number of ether oxygens (including phenoxy) is 1. The van der Waals surface area contributed by atoms with Gasteiger partial charge in [0.1, 0.15) is 5.82 Å². The van der Waals surface area contributed by atoms with Crippen LogP contribution in [0.15, 0.2) is 9.59 Å². The standard InChI is InChI=1S/C12H21N5O3/c1-2-3-4-17-10(13)9(11(18)14-12(17)19)15-16-5-7-20-8-6-16/h15H,2-8,13H2,1H3,(H,14,18,19). The predicted molar refractivity (Wildman–Crippen MR) is 76.7 cm³/mol. The van der Waals surface area contributed by atoms with Gasteiger partial charge < -0.3 is 15.9 Å². The van der Waals surface area contributed by atoms with Crippen molar-refractivity contribution in [2.45, 2.75) is 26.3 Å². The maximum absolute atomic E-state index is 11.9. The number of hydrogen-bond acceptors (Lipinski definition) is 6. The lowest BCUT2D eigenvalue weighted by atomic mass is 10.3. The average Bonchev–Trinajstić information content (AvgIpc) is 2.44. The zero-order valence-corrected chi connectivity index (χ0v) is 11.6. The van der Waals surface area contributed by atoms with E-state index < -0.39 is 11.2 Å². The van der Waals surface area contributed by atoms with E-state index in [2.05, 4.69) is 10.4 Å². The second kappa shape index (κ2) is 6.58. The van der Waals surface area contributed by atoms with Gasteiger partial charge in [0.05, 0.1) is 13.2 Å². The van der Waals surface area contributed by atoms with E-state index in [9.17, 15) is 9.59 Å². The number of nitrogens with zero attached hydrogens (tertiary/aromatic N) is 2. The summed E-state index contributed by atoms with van der Waals surface area (Å²) in [6.07, 6.45) is 1.77. The zero-order valence-electron chi connectivity index (χ0n) is 11.6. The van der Waals surface area contributed by atoms with E-state index in [-0.39, 0.29) is 11.5 Å². The van der Waals surface area contributed by atoms with Crippen LogP contribution in [0.1, 0.15) is 19.8 Å². The van der Waals surface area contributed by atoms with Gasteiger partial charge in [0.25, 0.3) is 5.56 Å². The summed E-state index contributed by atoms with van der Waals surface area (Å²) in [6.45, 7) is 5.04. The molecule has 0 saturated carbocycles. The maximum Gasteiger partial charge on any atom is 0.330 e. The molecule has 0 spiro atoms. The highest BCUT2D eigenvalue weighted by atomic mass is 16.5. The first-order chi connectivity index (χ1) is 9.63. The van der Waals surface area contributed by atoms with Crippen molar-refractivity contribution in [3.63, 3.8) is 0 Å². The Kier molecular flexibility index (Phi) is 4.80. The van der Waals surface area contributed by atoms with Gasteiger partial charge in [-0.3, -0.25) is 14.3 Å². The molecule has 0 bridgehead atoms. The van der Waals surface area contributed by atoms with Gasteiger partial charge in [0, 0.05) is 19.6 Å². The van der Waals surface area contributed by atoms with Gasteiger partial charge in [-0.1, -0.05) is 13.3 Å². The van der Waals surface area contributed by atoms with Gasteiger partial charge in [-0.2, -0.15) is 0 Å². The van der Waals surface area contributed by atoms with E-state index in [1.54, 1.807) is 0 Å². The Labute approximate surface area is 116 Å². The summed E-state index contributed by atoms with van der Waals surface area (Å²) in [5.41, 5.74) is 8.22. The molecule has 0 atom stereocenters. The van der Waals surface area contributed by atoms with Crippen LogP contribution in [0, 0.1) is 0 Å². The topological polar surface area (TPSA) is 105 Å². The third-order valence-electron chi connectivity index (χ3n) is 3.26. The van der Waals surface area contributed by atoms with Crippen LogP contribution in [0.2, 0.25) is 0 Å². The third kappa shape index (κ3) is 3.20. The van der Waals surface area contributed by atoms with Crippen LogP contribution >= 0.6 is 0 Å². The number of nitrogens with two attached hydrogens (primary N) is 1. The van der Waals surface area contributed by atoms with E-state index in [1.807, 2.05) is 11.9 Å². The largest absolute Gasteiger partial charge is 0.383 e. The van der Waals surface area contributed by atoms with E-state index >= 15 is 0 Å². The van der Waals surface area contributed by atoms with E-state index in [4.69, 9.17) is 10.5 Å². The highest BCUT2D eigenvalue weighted by Gasteiger charge is 2.16. The van der Waals surface area contributed by atoms with Gasteiger partial charge in [0.15, 0.2) is 5.69 Å². The van der Waals surface area contributed by atoms with Crippen LogP contribution in [0.25, 0.3) is 0 Å². The van der Waals surface area contributed by atoms with Crippen molar-refractivity contribution >= 4 is 11.5 Å². The molecule has 8 heteroatoms. The number of anilines is 2. The molecular formula is C12H21N5O3. The SMILES string of the molecule is CCCCn1c(N)c(NN2CCOCC2)c(=O)[nH]c1=O. The van der Waals surface area contributed by atoms with E-state index in [0.29, 0.717) is 32.8 Å². The minimum atomic E-state index is -0.494. The smallest absolute Gasteiger partial charge is 0.330 e. The van der Waals surface area contributed by atoms with E-state index in [0.717, 1.165) is 12.8 Å². The molecule has 0 aliphatic carbocycles. The van der Waals surface area contributed by atoms with Crippen LogP contribution in [-0.2, 0) is 11.3 Å². The molecule has 1 aromatic heterocycles. The van der Waals surface area contributed by atoms with Gasteiger partial charge in [-0.25, -0.2) is 9.80 Å². The van der Waals surface area contributed by atoms with Gasteiger partial charge >= 0.3 is 5.69 Å². The predicted octanol–water partition coefficient (Wildman–Crippen LogP) is -0.422. The van der Waals surface area contributed by atoms with Crippen molar-refractivity contribution in [1.29, 1.82) is 0 Å². The number of aromatic nitrogens is 2. The molecule has 1 saturated heterocycles. The zero-order chi connectivity index (χ0) is 14.5. The first kappa shape index (κ1) is 14.6. The van der Waals surface area contributed by atoms with Crippen molar-refractivity contribution < 1.29 is 4.74 Å². The summed E-state index contributed by atoms with van der Waals surface area (Å²) in [4.78, 5) is 26.0. The van der Waals surface area contributed by atoms with Crippen molar-refractivity contribution in [2.24, 2.45) is 0 Å². The van der Waals surface area contributed by atoms with Gasteiger partial charge in [-0.15, -0.1) is 0 Å². The molecule has 8 nitrogen and oxygen atoms in total. The molecule has 0 radical (unpaired) electrons. The number of nitrogens with one attached hydrogen (secondary N) is 2. The number of hydrazine groups is 1. The first-order valence-electron chi connectivity index (χ1n) is 6.85. The molecule has 2 rings (SSSR count). The quantitative estimate of drug-likeness (QED) is 0.677. The van der Waals surface area contributed by atoms with Crippen molar-refractivity contribution in [3.8, 4) is 0 Å². The highest BCUT2D eigenvalue weighted by Crippen LogP contribution is 2.12. The summed E-state index contributed by atoms with van der Waals surface area (Å²) >= 11 is 0. The van der Waals surface area contributed by atoms with Crippen LogP contribution in [0.3, 0.4) is 0 Å². The number of rotatable bonds is 5. The summed E-state index contributed by atoms with van der Waals surface area (Å²) in [5, 5.41) is 1.86. The average molecular weight is 283 g/mol. The Morgan fingerprint density at radius 2 is 2.05 bits per heavy atom. The highest BCUT2D eigenvalue weighted by molar-refractivity contribution is 5.59. The fraction of sp³-hybridized carbons (Fsp3) is 0.667. The normalized spacial score (nSPS) is 16.2. The van der Waals surface area contributed by atoms with Crippen molar-refractivity contribution in [3.05, 3.63) is 20.8 Å². The van der Waals surface area contributed by atoms with Crippen LogP contribution < -0.4 is 22.4 Å². The number of H-pyrrole nitrogens is 1. The lowest BCUT2D eigenvalue weighted by Gasteiger charge is -2.28. The lowest BCUT2D eigenvalue weighted by molar-refractivity contribution is 0.0496. The first-order valence-corrected chi connectivity index (χ1v) is 6.85. The second-order valence-electron chi connectivity index (χ2n) is 4.74. The summed E-state index contributed by atoms with van der Waals surface area (Å²) < 4.78 is 6.64. The fourth-order valence-electron chi connectivity index (χ4n) is 2.07. The lowest BCUT2D eigenvalue weighted by Crippen LogP contribution is -2.43. The van der Waals surface area contributed by atoms with Crippen molar-refractivity contribution in [2.75, 3.05) is 37.5 Å². The molecule has 0 amide bonds. The Balaban J connectivity index is 2.26. The summed E-state index contributed by atoms with van der Waals surface area (Å²) in [5.74, 6) is 0.179. The molecular weight excluding hydrogens is 262 g/mol. The Morgan fingerprint density at radius 1 is 1.35 bits per heavy atom. The molecule has 0 aromatic carbocycles. The Hall–Kier alpha value is -1.80. The molecule has 4 N–H and O–H groups in total. The summed E-state index contributed by atoms with van der Waals surface area (Å²) in [7, 11) is 0. The van der Waals surface area contributed by atoms with E-state index in [1.165, 1.54) is 4.57 Å². The number of morpholine rings is 1. The molecule has 0 unspecified atom stereocenters. The molecule has 1 aromatic rings. The number of hydrogen-bond donors (Lipinski definition) is 3. The third-order valence-corrected chi connectivity index (χ3v) is 3.26. The molecule has 112 valence electrons. The number of unbranched alkanes of at least 4 members (excludes halogenated alkanes) is 1. The monoisotopic (exact) mass is 283 g/mol. The van der Waals surface area contributed by atoms with Crippen LogP contribution in [0.5, 0.6) is 0 Å². The maximum atomic E-state index is 11.9. The minimum Gasteiger partial charge on any atom is -0.383 e. The second-order valence-corrected chi connectivity index (χ2v) is 4.74. The Morgan fingerprint density at radius 3 is 2.70 bits per heavy atom. The molecule has 1 aliphatic rings. The Bertz CT molecular complexity index is 559. The van der Waals surface area contributed by atoms with Gasteiger partial charge in [0.2, 0.25) is 0 Å². The molecule has 1 fully saturated rings. The van der Waals surface area contributed by atoms with Crippen LogP contribution in [0.4, 0.5) is 11.5 Å². The minimum absolute atomic E-state index is 0.179. The molecule has 1 aliphatic heterocycles.